The number of rotatable bonds is 7. The number of ether oxygens (including phenoxy) is 1. The van der Waals surface area contributed by atoms with Gasteiger partial charge >= 0.3 is 0 Å². The summed E-state index contributed by atoms with van der Waals surface area (Å²) in [6.45, 7) is 7.17. The molecule has 0 aliphatic rings. The average Bonchev–Trinajstić information content (AvgIpc) is 2.39. The Bertz CT molecular complexity index is 418. The molecule has 0 aliphatic carbocycles. The Morgan fingerprint density at radius 3 is 2.84 bits per heavy atom. The lowest BCUT2D eigenvalue weighted by molar-refractivity contribution is 0.0945. The monoisotopic (exact) mass is 265 g/mol. The fraction of sp³-hybridized carbons (Fsp3) is 0.533. The minimum absolute atomic E-state index is 0.106. The first-order valence-corrected chi connectivity index (χ1v) is 6.71. The van der Waals surface area contributed by atoms with Gasteiger partial charge in [0.15, 0.2) is 0 Å². The second-order valence-electron chi connectivity index (χ2n) is 4.74. The third-order valence-electron chi connectivity index (χ3n) is 2.98. The highest BCUT2D eigenvalue weighted by Crippen LogP contribution is 2.19. The summed E-state index contributed by atoms with van der Waals surface area (Å²) in [6.07, 6.45) is 0.693. The van der Waals surface area contributed by atoms with Crippen LogP contribution in [-0.4, -0.2) is 30.8 Å². The molecule has 1 atom stereocenters. The van der Waals surface area contributed by atoms with E-state index in [-0.39, 0.29) is 18.4 Å². The summed E-state index contributed by atoms with van der Waals surface area (Å²) in [6, 6.07) is 5.45. The van der Waals surface area contributed by atoms with Crippen molar-refractivity contribution >= 4 is 5.91 Å². The van der Waals surface area contributed by atoms with Crippen LogP contribution in [0, 0.1) is 12.8 Å². The molecule has 1 rings (SSSR count). The van der Waals surface area contributed by atoms with Crippen LogP contribution in [0.5, 0.6) is 5.75 Å². The van der Waals surface area contributed by atoms with Gasteiger partial charge in [0, 0.05) is 18.7 Å². The molecule has 1 amide bonds. The largest absolute Gasteiger partial charge is 0.494 e. The van der Waals surface area contributed by atoms with Crippen molar-refractivity contribution in [1.29, 1.82) is 0 Å². The van der Waals surface area contributed by atoms with E-state index in [4.69, 9.17) is 9.84 Å². The van der Waals surface area contributed by atoms with Gasteiger partial charge in [0.05, 0.1) is 6.61 Å². The molecule has 0 spiro atoms. The summed E-state index contributed by atoms with van der Waals surface area (Å²) in [5.41, 5.74) is 1.62. The van der Waals surface area contributed by atoms with Crippen LogP contribution >= 0.6 is 0 Å². The highest BCUT2D eigenvalue weighted by atomic mass is 16.5. The topological polar surface area (TPSA) is 58.6 Å². The molecule has 4 heteroatoms. The minimum atomic E-state index is -0.106. The van der Waals surface area contributed by atoms with Gasteiger partial charge in [-0.15, -0.1) is 0 Å². The lowest BCUT2D eigenvalue weighted by atomic mass is 10.1. The molecule has 0 aromatic heterocycles. The zero-order valence-corrected chi connectivity index (χ0v) is 11.9. The van der Waals surface area contributed by atoms with Gasteiger partial charge in [0.2, 0.25) is 0 Å². The number of carbonyl (C=O) groups is 1. The third-order valence-corrected chi connectivity index (χ3v) is 2.98. The number of benzene rings is 1. The molecular weight excluding hydrogens is 242 g/mol. The van der Waals surface area contributed by atoms with Gasteiger partial charge in [0.25, 0.3) is 5.91 Å². The van der Waals surface area contributed by atoms with Gasteiger partial charge in [-0.05, 0) is 43.9 Å². The molecule has 0 radical (unpaired) electrons. The van der Waals surface area contributed by atoms with Crippen LogP contribution in [-0.2, 0) is 0 Å². The van der Waals surface area contributed by atoms with Gasteiger partial charge < -0.3 is 15.2 Å². The molecule has 1 aromatic carbocycles. The van der Waals surface area contributed by atoms with E-state index in [1.807, 2.05) is 26.8 Å². The van der Waals surface area contributed by atoms with Crippen molar-refractivity contribution in [1.82, 2.24) is 5.32 Å². The van der Waals surface area contributed by atoms with E-state index in [0.717, 1.165) is 11.3 Å². The average molecular weight is 265 g/mol. The summed E-state index contributed by atoms with van der Waals surface area (Å²) in [7, 11) is 0. The fourth-order valence-corrected chi connectivity index (χ4v) is 1.74. The van der Waals surface area contributed by atoms with Crippen molar-refractivity contribution in [3.8, 4) is 5.75 Å². The van der Waals surface area contributed by atoms with E-state index >= 15 is 0 Å². The molecule has 0 saturated carbocycles. The number of aryl methyl sites for hydroxylation is 1. The summed E-state index contributed by atoms with van der Waals surface area (Å²) >= 11 is 0. The molecule has 4 nitrogen and oxygen atoms in total. The van der Waals surface area contributed by atoms with Crippen molar-refractivity contribution < 1.29 is 14.6 Å². The Hall–Kier alpha value is -1.55. The third kappa shape index (κ3) is 4.91. The van der Waals surface area contributed by atoms with E-state index in [9.17, 15) is 4.79 Å². The van der Waals surface area contributed by atoms with E-state index in [1.165, 1.54) is 0 Å². The molecule has 0 bridgehead atoms. The van der Waals surface area contributed by atoms with Crippen LogP contribution in [0.25, 0.3) is 0 Å². The molecule has 0 saturated heterocycles. The predicted octanol–water partition coefficient (Wildman–Crippen LogP) is 2.14. The fourth-order valence-electron chi connectivity index (χ4n) is 1.74. The predicted molar refractivity (Wildman–Crippen MR) is 75.5 cm³/mol. The van der Waals surface area contributed by atoms with Crippen LogP contribution in [0.15, 0.2) is 18.2 Å². The second kappa shape index (κ2) is 7.79. The van der Waals surface area contributed by atoms with Gasteiger partial charge in [-0.2, -0.15) is 0 Å². The number of hydrogen-bond acceptors (Lipinski definition) is 3. The normalized spacial score (nSPS) is 12.0. The van der Waals surface area contributed by atoms with Gasteiger partial charge in [0.1, 0.15) is 5.75 Å². The summed E-state index contributed by atoms with van der Waals surface area (Å²) < 4.78 is 5.48. The second-order valence-corrected chi connectivity index (χ2v) is 4.74. The standard InChI is InChI=1S/C15H23NO3/c1-4-19-14-9-13(6-5-12(14)3)15(18)16-10-11(2)7-8-17/h5-6,9,11,17H,4,7-8,10H2,1-3H3,(H,16,18). The zero-order valence-electron chi connectivity index (χ0n) is 11.9. The lowest BCUT2D eigenvalue weighted by Gasteiger charge is -2.12. The Balaban J connectivity index is 2.64. The van der Waals surface area contributed by atoms with Crippen molar-refractivity contribution in [2.24, 2.45) is 5.92 Å². The molecule has 1 aromatic rings. The highest BCUT2D eigenvalue weighted by molar-refractivity contribution is 5.94. The molecular formula is C15H23NO3. The Labute approximate surface area is 114 Å². The Morgan fingerprint density at radius 2 is 2.21 bits per heavy atom. The van der Waals surface area contributed by atoms with E-state index in [0.29, 0.717) is 25.1 Å². The minimum Gasteiger partial charge on any atom is -0.494 e. The molecule has 106 valence electrons. The smallest absolute Gasteiger partial charge is 0.251 e. The van der Waals surface area contributed by atoms with E-state index in [2.05, 4.69) is 5.32 Å². The van der Waals surface area contributed by atoms with Crippen LogP contribution in [0.1, 0.15) is 36.2 Å². The van der Waals surface area contributed by atoms with E-state index < -0.39 is 0 Å². The molecule has 1 unspecified atom stereocenters. The summed E-state index contributed by atoms with van der Waals surface area (Å²) in [5.74, 6) is 0.912. The summed E-state index contributed by atoms with van der Waals surface area (Å²) in [5, 5.41) is 11.7. The maximum absolute atomic E-state index is 12.0. The number of amides is 1. The maximum atomic E-state index is 12.0. The van der Waals surface area contributed by atoms with Gasteiger partial charge in [-0.25, -0.2) is 0 Å². The van der Waals surface area contributed by atoms with Crippen LogP contribution in [0.2, 0.25) is 0 Å². The van der Waals surface area contributed by atoms with Gasteiger partial charge in [-0.3, -0.25) is 4.79 Å². The van der Waals surface area contributed by atoms with Crippen LogP contribution in [0.3, 0.4) is 0 Å². The van der Waals surface area contributed by atoms with Crippen molar-refractivity contribution in [2.45, 2.75) is 27.2 Å². The number of carbonyl (C=O) groups excluding carboxylic acids is 1. The van der Waals surface area contributed by atoms with Crippen LogP contribution in [0.4, 0.5) is 0 Å². The lowest BCUT2D eigenvalue weighted by Crippen LogP contribution is -2.28. The summed E-state index contributed by atoms with van der Waals surface area (Å²) in [4.78, 5) is 12.0. The maximum Gasteiger partial charge on any atom is 0.251 e. The number of aliphatic hydroxyl groups excluding tert-OH is 1. The number of nitrogens with one attached hydrogen (secondary N) is 1. The van der Waals surface area contributed by atoms with E-state index in [1.54, 1.807) is 12.1 Å². The van der Waals surface area contributed by atoms with Gasteiger partial charge in [-0.1, -0.05) is 13.0 Å². The Kier molecular flexibility index (Phi) is 6.36. The first-order chi connectivity index (χ1) is 9.08. The van der Waals surface area contributed by atoms with Crippen molar-refractivity contribution in [3.63, 3.8) is 0 Å². The molecule has 19 heavy (non-hydrogen) atoms. The first-order valence-electron chi connectivity index (χ1n) is 6.71. The Morgan fingerprint density at radius 1 is 1.47 bits per heavy atom. The molecule has 2 N–H and O–H groups in total. The number of hydrogen-bond donors (Lipinski definition) is 2. The van der Waals surface area contributed by atoms with Crippen molar-refractivity contribution in [3.05, 3.63) is 29.3 Å². The SMILES string of the molecule is CCOc1cc(C(=O)NCC(C)CCO)ccc1C. The van der Waals surface area contributed by atoms with Crippen LogP contribution < -0.4 is 10.1 Å². The molecule has 0 aliphatic heterocycles. The molecule has 0 fully saturated rings. The number of aliphatic hydroxyl groups is 1. The first kappa shape index (κ1) is 15.5. The zero-order chi connectivity index (χ0) is 14.3. The van der Waals surface area contributed by atoms with Crippen molar-refractivity contribution in [2.75, 3.05) is 19.8 Å². The quantitative estimate of drug-likeness (QED) is 0.794. The highest BCUT2D eigenvalue weighted by Gasteiger charge is 2.10. The molecule has 0 heterocycles.